The minimum atomic E-state index is -0.134. The van der Waals surface area contributed by atoms with E-state index in [2.05, 4.69) is 38.2 Å². The van der Waals surface area contributed by atoms with E-state index in [0.717, 1.165) is 15.8 Å². The van der Waals surface area contributed by atoms with E-state index in [1.54, 1.807) is 18.3 Å². The van der Waals surface area contributed by atoms with Crippen LogP contribution in [0.2, 0.25) is 0 Å². The Morgan fingerprint density at radius 3 is 2.84 bits per heavy atom. The molecule has 0 radical (unpaired) electrons. The number of nitrogens with zero attached hydrogens (tertiary/aromatic N) is 1. The molecular weight excluding hydrogens is 353 g/mol. The number of carbonyl (C=O) groups is 1. The van der Waals surface area contributed by atoms with Crippen LogP contribution < -0.4 is 10.6 Å². The number of rotatable bonds is 4. The highest BCUT2D eigenvalue weighted by molar-refractivity contribution is 14.1. The fraction of sp³-hybridized carbons (Fsp3) is 0.143. The molecule has 0 aliphatic carbocycles. The van der Waals surface area contributed by atoms with Crippen LogP contribution in [0.3, 0.4) is 0 Å². The Bertz CT molecular complexity index is 586. The van der Waals surface area contributed by atoms with Gasteiger partial charge in [0.1, 0.15) is 5.82 Å². The second-order valence-corrected chi connectivity index (χ2v) is 5.06. The van der Waals surface area contributed by atoms with E-state index in [-0.39, 0.29) is 5.91 Å². The smallest absolute Gasteiger partial charge is 0.255 e. The van der Waals surface area contributed by atoms with Crippen LogP contribution in [0.1, 0.15) is 17.3 Å². The Labute approximate surface area is 125 Å². The Hall–Kier alpha value is -1.63. The second kappa shape index (κ2) is 6.51. The molecule has 0 aliphatic rings. The van der Waals surface area contributed by atoms with Crippen molar-refractivity contribution < 1.29 is 4.79 Å². The minimum Gasteiger partial charge on any atom is -0.370 e. The molecule has 2 rings (SSSR count). The number of para-hydroxylation sites is 1. The number of benzene rings is 1. The van der Waals surface area contributed by atoms with Crippen LogP contribution in [-0.4, -0.2) is 17.4 Å². The topological polar surface area (TPSA) is 54.0 Å². The molecule has 2 aromatic rings. The van der Waals surface area contributed by atoms with E-state index in [0.29, 0.717) is 11.4 Å². The van der Waals surface area contributed by atoms with Gasteiger partial charge in [-0.3, -0.25) is 4.79 Å². The molecule has 0 aliphatic heterocycles. The van der Waals surface area contributed by atoms with E-state index in [1.807, 2.05) is 31.2 Å². The zero-order chi connectivity index (χ0) is 13.7. The van der Waals surface area contributed by atoms with Gasteiger partial charge >= 0.3 is 0 Å². The molecule has 0 bridgehead atoms. The summed E-state index contributed by atoms with van der Waals surface area (Å²) < 4.78 is 1.01. The number of hydrogen-bond donors (Lipinski definition) is 2. The van der Waals surface area contributed by atoms with Gasteiger partial charge in [-0.25, -0.2) is 4.98 Å². The van der Waals surface area contributed by atoms with Crippen LogP contribution in [0.4, 0.5) is 11.5 Å². The third kappa shape index (κ3) is 3.66. The van der Waals surface area contributed by atoms with Crippen LogP contribution >= 0.6 is 22.6 Å². The lowest BCUT2D eigenvalue weighted by atomic mass is 10.2. The van der Waals surface area contributed by atoms with Crippen molar-refractivity contribution in [3.05, 3.63) is 51.7 Å². The van der Waals surface area contributed by atoms with E-state index < -0.39 is 0 Å². The molecule has 19 heavy (non-hydrogen) atoms. The highest BCUT2D eigenvalue weighted by Crippen LogP contribution is 2.18. The Balaban J connectivity index is 2.16. The maximum absolute atomic E-state index is 12.2. The van der Waals surface area contributed by atoms with Crippen molar-refractivity contribution in [2.75, 3.05) is 17.2 Å². The lowest BCUT2D eigenvalue weighted by Gasteiger charge is -2.08. The fourth-order valence-electron chi connectivity index (χ4n) is 1.61. The number of anilines is 2. The average molecular weight is 367 g/mol. The second-order valence-electron chi connectivity index (χ2n) is 3.89. The largest absolute Gasteiger partial charge is 0.370 e. The predicted molar refractivity (Wildman–Crippen MR) is 85.5 cm³/mol. The van der Waals surface area contributed by atoms with Gasteiger partial charge in [-0.1, -0.05) is 12.1 Å². The first-order valence-electron chi connectivity index (χ1n) is 5.96. The zero-order valence-electron chi connectivity index (χ0n) is 10.5. The van der Waals surface area contributed by atoms with Crippen molar-refractivity contribution in [1.29, 1.82) is 0 Å². The van der Waals surface area contributed by atoms with E-state index in [9.17, 15) is 4.79 Å². The first kappa shape index (κ1) is 13.8. The lowest BCUT2D eigenvalue weighted by Crippen LogP contribution is -2.13. The molecule has 98 valence electrons. The molecule has 0 atom stereocenters. The van der Waals surface area contributed by atoms with E-state index in [1.165, 1.54) is 0 Å². The molecule has 0 saturated heterocycles. The summed E-state index contributed by atoms with van der Waals surface area (Å²) in [6.07, 6.45) is 1.63. The summed E-state index contributed by atoms with van der Waals surface area (Å²) in [4.78, 5) is 16.3. The van der Waals surface area contributed by atoms with Gasteiger partial charge in [-0.2, -0.15) is 0 Å². The van der Waals surface area contributed by atoms with Crippen LogP contribution in [0.5, 0.6) is 0 Å². The maximum Gasteiger partial charge on any atom is 0.255 e. The van der Waals surface area contributed by atoms with Crippen LogP contribution in [0.25, 0.3) is 0 Å². The van der Waals surface area contributed by atoms with Gasteiger partial charge < -0.3 is 10.6 Å². The lowest BCUT2D eigenvalue weighted by molar-refractivity contribution is 0.102. The van der Waals surface area contributed by atoms with Crippen LogP contribution in [-0.2, 0) is 0 Å². The molecule has 1 heterocycles. The SMILES string of the molecule is CCNc1cc(C(=O)Nc2ccccc2I)ccn1. The van der Waals surface area contributed by atoms with Crippen LogP contribution in [0.15, 0.2) is 42.6 Å². The summed E-state index contributed by atoms with van der Waals surface area (Å²) in [6, 6.07) is 11.1. The van der Waals surface area contributed by atoms with Gasteiger partial charge in [-0.15, -0.1) is 0 Å². The van der Waals surface area contributed by atoms with Crippen molar-refractivity contribution in [3.8, 4) is 0 Å². The minimum absolute atomic E-state index is 0.134. The molecule has 0 unspecified atom stereocenters. The number of hydrogen-bond acceptors (Lipinski definition) is 3. The van der Waals surface area contributed by atoms with Crippen molar-refractivity contribution in [1.82, 2.24) is 4.98 Å². The molecule has 5 heteroatoms. The highest BCUT2D eigenvalue weighted by Gasteiger charge is 2.08. The van der Waals surface area contributed by atoms with Crippen molar-refractivity contribution in [3.63, 3.8) is 0 Å². The predicted octanol–water partition coefficient (Wildman–Crippen LogP) is 3.37. The molecule has 1 amide bonds. The zero-order valence-corrected chi connectivity index (χ0v) is 12.6. The number of halogens is 1. The molecule has 1 aromatic heterocycles. The number of pyridine rings is 1. The summed E-state index contributed by atoms with van der Waals surface area (Å²) in [7, 11) is 0. The first-order chi connectivity index (χ1) is 9.20. The van der Waals surface area contributed by atoms with E-state index in [4.69, 9.17) is 0 Å². The number of aromatic nitrogens is 1. The Kier molecular flexibility index (Phi) is 4.73. The van der Waals surface area contributed by atoms with Crippen LogP contribution in [0, 0.1) is 3.57 Å². The van der Waals surface area contributed by atoms with Crippen molar-refractivity contribution >= 4 is 40.0 Å². The Morgan fingerprint density at radius 1 is 1.32 bits per heavy atom. The number of nitrogens with one attached hydrogen (secondary N) is 2. The summed E-state index contributed by atoms with van der Waals surface area (Å²) in [6.45, 7) is 2.76. The van der Waals surface area contributed by atoms with Gasteiger partial charge in [0, 0.05) is 21.9 Å². The summed E-state index contributed by atoms with van der Waals surface area (Å²) in [5.41, 5.74) is 1.40. The van der Waals surface area contributed by atoms with Gasteiger partial charge in [0.15, 0.2) is 0 Å². The maximum atomic E-state index is 12.2. The average Bonchev–Trinajstić information content (AvgIpc) is 2.42. The van der Waals surface area contributed by atoms with Gasteiger partial charge in [-0.05, 0) is 53.8 Å². The molecule has 1 aromatic carbocycles. The fourth-order valence-corrected chi connectivity index (χ4v) is 2.13. The van der Waals surface area contributed by atoms with E-state index >= 15 is 0 Å². The third-order valence-corrected chi connectivity index (χ3v) is 3.44. The number of carbonyl (C=O) groups excluding carboxylic acids is 1. The monoisotopic (exact) mass is 367 g/mol. The third-order valence-electron chi connectivity index (χ3n) is 2.50. The summed E-state index contributed by atoms with van der Waals surface area (Å²) >= 11 is 2.19. The van der Waals surface area contributed by atoms with Gasteiger partial charge in [0.05, 0.1) is 5.69 Å². The summed E-state index contributed by atoms with van der Waals surface area (Å²) in [5.74, 6) is 0.573. The quantitative estimate of drug-likeness (QED) is 0.815. The van der Waals surface area contributed by atoms with Crippen molar-refractivity contribution in [2.24, 2.45) is 0 Å². The normalized spacial score (nSPS) is 10.0. The first-order valence-corrected chi connectivity index (χ1v) is 7.04. The highest BCUT2D eigenvalue weighted by atomic mass is 127. The van der Waals surface area contributed by atoms with Crippen molar-refractivity contribution in [2.45, 2.75) is 6.92 Å². The molecule has 4 nitrogen and oxygen atoms in total. The molecule has 0 fully saturated rings. The molecule has 2 N–H and O–H groups in total. The van der Waals surface area contributed by atoms with Gasteiger partial charge in [0.2, 0.25) is 0 Å². The molecular formula is C14H14IN3O. The number of amides is 1. The standard InChI is InChI=1S/C14H14IN3O/c1-2-16-13-9-10(7-8-17-13)14(19)18-12-6-4-3-5-11(12)15/h3-9H,2H2,1H3,(H,16,17)(H,18,19). The molecule has 0 saturated carbocycles. The summed E-state index contributed by atoms with van der Waals surface area (Å²) in [5, 5.41) is 5.98. The molecule has 0 spiro atoms. The van der Waals surface area contributed by atoms with Gasteiger partial charge in [0.25, 0.3) is 5.91 Å². The Morgan fingerprint density at radius 2 is 2.11 bits per heavy atom.